The Balaban J connectivity index is 1.80. The van der Waals surface area contributed by atoms with Crippen LogP contribution in [0.3, 0.4) is 0 Å². The minimum Gasteiger partial charge on any atom is -0.461 e. The molecule has 0 bridgehead atoms. The van der Waals surface area contributed by atoms with Gasteiger partial charge in [-0.2, -0.15) is 0 Å². The smallest absolute Gasteiger partial charge is 0.255 e. The number of nitrogens with zero attached hydrogens (tertiary/aromatic N) is 2. The summed E-state index contributed by atoms with van der Waals surface area (Å²) in [4.78, 5) is 21.9. The fourth-order valence-electron chi connectivity index (χ4n) is 3.00. The lowest BCUT2D eigenvalue weighted by molar-refractivity contribution is 0.0946. The predicted octanol–water partition coefficient (Wildman–Crippen LogP) is 4.69. The second kappa shape index (κ2) is 8.86. The van der Waals surface area contributed by atoms with Gasteiger partial charge in [0.25, 0.3) is 5.91 Å². The van der Waals surface area contributed by atoms with Crippen LogP contribution in [-0.4, -0.2) is 28.7 Å². The maximum Gasteiger partial charge on any atom is 0.255 e. The first-order chi connectivity index (χ1) is 13.1. The number of hydrogen-bond donors (Lipinski definition) is 1. The van der Waals surface area contributed by atoms with E-state index in [1.165, 1.54) is 17.3 Å². The van der Waals surface area contributed by atoms with E-state index >= 15 is 0 Å². The molecule has 1 N–H and O–H groups in total. The van der Waals surface area contributed by atoms with Gasteiger partial charge in [0.2, 0.25) is 0 Å². The Hall–Kier alpha value is -2.60. The van der Waals surface area contributed by atoms with E-state index in [2.05, 4.69) is 34.3 Å². The molecule has 1 aromatic carbocycles. The van der Waals surface area contributed by atoms with Gasteiger partial charge < -0.3 is 9.73 Å². The Kier molecular flexibility index (Phi) is 6.29. The van der Waals surface area contributed by atoms with Crippen LogP contribution < -0.4 is 5.32 Å². The van der Waals surface area contributed by atoms with Crippen molar-refractivity contribution in [3.05, 3.63) is 65.5 Å². The quantitative estimate of drug-likeness (QED) is 0.475. The molecule has 140 valence electrons. The summed E-state index contributed by atoms with van der Waals surface area (Å²) in [5, 5.41) is 3.71. The number of rotatable bonds is 7. The van der Waals surface area contributed by atoms with Gasteiger partial charge in [0.15, 0.2) is 11.6 Å². The van der Waals surface area contributed by atoms with Crippen LogP contribution in [0, 0.1) is 6.92 Å². The Labute approximate surface area is 163 Å². The van der Waals surface area contributed by atoms with Crippen LogP contribution in [0.15, 0.2) is 58.2 Å². The van der Waals surface area contributed by atoms with Crippen molar-refractivity contribution in [3.63, 3.8) is 0 Å². The molecule has 6 heteroatoms. The number of carbonyl (C=O) groups excluding carboxylic acids is 1. The van der Waals surface area contributed by atoms with Crippen LogP contribution in [0.2, 0.25) is 0 Å². The van der Waals surface area contributed by atoms with Crippen LogP contribution in [0.1, 0.15) is 40.9 Å². The molecule has 2 aromatic heterocycles. The van der Waals surface area contributed by atoms with Gasteiger partial charge in [0.1, 0.15) is 5.03 Å². The minimum absolute atomic E-state index is 0.141. The molecule has 0 saturated carbocycles. The zero-order valence-corrected chi connectivity index (χ0v) is 16.5. The van der Waals surface area contributed by atoms with Gasteiger partial charge in [0, 0.05) is 12.5 Å². The van der Waals surface area contributed by atoms with Crippen molar-refractivity contribution in [2.75, 3.05) is 12.8 Å². The zero-order chi connectivity index (χ0) is 19.2. The molecule has 0 aliphatic heterocycles. The molecular formula is C21H23N3O2S. The largest absolute Gasteiger partial charge is 0.461 e. The summed E-state index contributed by atoms with van der Waals surface area (Å²) in [6.07, 6.45) is 4.44. The molecule has 3 aromatic rings. The fraction of sp³-hybridized carbons (Fsp3) is 0.286. The molecule has 0 fully saturated rings. The molecule has 2 heterocycles. The van der Waals surface area contributed by atoms with Crippen molar-refractivity contribution in [3.8, 4) is 11.6 Å². The van der Waals surface area contributed by atoms with Gasteiger partial charge in [-0.1, -0.05) is 37.3 Å². The first kappa shape index (κ1) is 19.2. The average molecular weight is 382 g/mol. The number of furan rings is 1. The van der Waals surface area contributed by atoms with Crippen molar-refractivity contribution >= 4 is 17.7 Å². The lowest BCUT2D eigenvalue weighted by Gasteiger charge is -2.17. The van der Waals surface area contributed by atoms with E-state index in [1.807, 2.05) is 37.4 Å². The molecule has 1 atom stereocenters. The van der Waals surface area contributed by atoms with E-state index in [0.717, 1.165) is 6.42 Å². The van der Waals surface area contributed by atoms with Crippen LogP contribution in [0.25, 0.3) is 11.6 Å². The Morgan fingerprint density at radius 1 is 1.19 bits per heavy atom. The van der Waals surface area contributed by atoms with Gasteiger partial charge in [-0.15, -0.1) is 11.8 Å². The van der Waals surface area contributed by atoms with Gasteiger partial charge >= 0.3 is 0 Å². The van der Waals surface area contributed by atoms with Gasteiger partial charge in [0.05, 0.1) is 17.5 Å². The Morgan fingerprint density at radius 2 is 1.96 bits per heavy atom. The molecule has 27 heavy (non-hydrogen) atoms. The van der Waals surface area contributed by atoms with Crippen molar-refractivity contribution in [1.82, 2.24) is 15.3 Å². The summed E-state index contributed by atoms with van der Waals surface area (Å²) in [5.74, 6) is 1.22. The highest BCUT2D eigenvalue weighted by atomic mass is 32.2. The van der Waals surface area contributed by atoms with Gasteiger partial charge in [-0.3, -0.25) is 4.79 Å². The maximum atomic E-state index is 12.9. The molecule has 1 unspecified atom stereocenters. The fourth-order valence-corrected chi connectivity index (χ4v) is 3.62. The van der Waals surface area contributed by atoms with Gasteiger partial charge in [-0.05, 0) is 37.3 Å². The molecule has 0 aliphatic rings. The average Bonchev–Trinajstić information content (AvgIpc) is 3.23. The predicted molar refractivity (Wildman–Crippen MR) is 108 cm³/mol. The number of aryl methyl sites for hydroxylation is 1. The molecule has 0 aliphatic carbocycles. The van der Waals surface area contributed by atoms with E-state index < -0.39 is 0 Å². The first-order valence-corrected chi connectivity index (χ1v) is 10.2. The van der Waals surface area contributed by atoms with E-state index in [-0.39, 0.29) is 11.8 Å². The van der Waals surface area contributed by atoms with Crippen LogP contribution >= 0.6 is 11.8 Å². The SMILES string of the molecule is CCC(CNC(=O)c1c(C)nc(-c2ccco2)nc1SC)c1ccccc1. The van der Waals surface area contributed by atoms with E-state index in [4.69, 9.17) is 4.42 Å². The van der Waals surface area contributed by atoms with E-state index in [0.29, 0.717) is 34.4 Å². The van der Waals surface area contributed by atoms with Crippen molar-refractivity contribution < 1.29 is 9.21 Å². The highest BCUT2D eigenvalue weighted by Gasteiger charge is 2.20. The van der Waals surface area contributed by atoms with Crippen molar-refractivity contribution in [1.29, 1.82) is 0 Å². The number of amides is 1. The number of hydrogen-bond acceptors (Lipinski definition) is 5. The molecular weight excluding hydrogens is 358 g/mol. The van der Waals surface area contributed by atoms with E-state index in [1.54, 1.807) is 12.3 Å². The number of benzene rings is 1. The van der Waals surface area contributed by atoms with Crippen LogP contribution in [-0.2, 0) is 0 Å². The zero-order valence-electron chi connectivity index (χ0n) is 15.7. The number of aromatic nitrogens is 2. The highest BCUT2D eigenvalue weighted by molar-refractivity contribution is 7.98. The molecule has 0 spiro atoms. The van der Waals surface area contributed by atoms with Crippen LogP contribution in [0.5, 0.6) is 0 Å². The van der Waals surface area contributed by atoms with Crippen LogP contribution in [0.4, 0.5) is 0 Å². The molecule has 3 rings (SSSR count). The number of thioether (sulfide) groups is 1. The third kappa shape index (κ3) is 4.39. The second-order valence-corrected chi connectivity index (χ2v) is 7.02. The monoisotopic (exact) mass is 381 g/mol. The Bertz CT molecular complexity index is 895. The Morgan fingerprint density at radius 3 is 2.59 bits per heavy atom. The third-order valence-corrected chi connectivity index (χ3v) is 5.17. The summed E-state index contributed by atoms with van der Waals surface area (Å²) in [5.41, 5.74) is 2.40. The third-order valence-electron chi connectivity index (χ3n) is 4.49. The summed E-state index contributed by atoms with van der Waals surface area (Å²) in [6, 6.07) is 13.8. The minimum atomic E-state index is -0.141. The maximum absolute atomic E-state index is 12.9. The lowest BCUT2D eigenvalue weighted by atomic mass is 9.96. The van der Waals surface area contributed by atoms with Gasteiger partial charge in [-0.25, -0.2) is 9.97 Å². The molecule has 0 saturated heterocycles. The molecule has 1 amide bonds. The number of carbonyl (C=O) groups is 1. The topological polar surface area (TPSA) is 68.0 Å². The van der Waals surface area contributed by atoms with Crippen molar-refractivity contribution in [2.24, 2.45) is 0 Å². The summed E-state index contributed by atoms with van der Waals surface area (Å²) in [6.45, 7) is 4.54. The normalized spacial score (nSPS) is 12.0. The summed E-state index contributed by atoms with van der Waals surface area (Å²) < 4.78 is 5.38. The summed E-state index contributed by atoms with van der Waals surface area (Å²) >= 11 is 1.43. The molecule has 5 nitrogen and oxygen atoms in total. The molecule has 0 radical (unpaired) electrons. The second-order valence-electron chi connectivity index (χ2n) is 6.22. The summed E-state index contributed by atoms with van der Waals surface area (Å²) in [7, 11) is 0. The van der Waals surface area contributed by atoms with E-state index in [9.17, 15) is 4.79 Å². The standard InChI is InChI=1S/C21H23N3O2S/c1-4-15(16-9-6-5-7-10-16)13-22-20(25)18-14(2)23-19(24-21(18)27-3)17-11-8-12-26-17/h5-12,15H,4,13H2,1-3H3,(H,22,25). The lowest BCUT2D eigenvalue weighted by Crippen LogP contribution is -2.30. The highest BCUT2D eigenvalue weighted by Crippen LogP contribution is 2.25. The number of nitrogens with one attached hydrogen (secondary N) is 1. The first-order valence-electron chi connectivity index (χ1n) is 8.93. The van der Waals surface area contributed by atoms with Crippen molar-refractivity contribution in [2.45, 2.75) is 31.2 Å².